The van der Waals surface area contributed by atoms with Gasteiger partial charge in [0.1, 0.15) is 0 Å². The van der Waals surface area contributed by atoms with Crippen molar-refractivity contribution >= 4 is 24.3 Å². The molecule has 0 bridgehead atoms. The summed E-state index contributed by atoms with van der Waals surface area (Å²) in [5.74, 6) is 0. The molecule has 0 saturated heterocycles. The van der Waals surface area contributed by atoms with E-state index in [9.17, 15) is 0 Å². The molecule has 0 unspecified atom stereocenters. The smallest absolute Gasteiger partial charge is 0.0854 e. The summed E-state index contributed by atoms with van der Waals surface area (Å²) in [4.78, 5) is 2.48. The molecule has 3 aromatic rings. The zero-order chi connectivity index (χ0) is 21.2. The highest BCUT2D eigenvalue weighted by molar-refractivity contribution is 5.71. The molecule has 0 saturated carbocycles. The normalized spacial score (nSPS) is 12.0. The summed E-state index contributed by atoms with van der Waals surface area (Å²) < 4.78 is 2.08. The highest BCUT2D eigenvalue weighted by Crippen LogP contribution is 2.12. The van der Waals surface area contributed by atoms with Crippen LogP contribution in [0.15, 0.2) is 48.7 Å². The van der Waals surface area contributed by atoms with Gasteiger partial charge in [-0.05, 0) is 67.6 Å². The van der Waals surface area contributed by atoms with Crippen molar-refractivity contribution < 1.29 is 0 Å². The second-order valence-corrected chi connectivity index (χ2v) is 7.49. The zero-order valence-electron chi connectivity index (χ0n) is 18.3. The maximum Gasteiger partial charge on any atom is 0.0854 e. The third kappa shape index (κ3) is 6.58. The van der Waals surface area contributed by atoms with Gasteiger partial charge >= 0.3 is 0 Å². The Morgan fingerprint density at radius 3 is 2.60 bits per heavy atom. The first-order valence-electron chi connectivity index (χ1n) is 10.7. The topological polar surface area (TPSA) is 48.9 Å². The van der Waals surface area contributed by atoms with Gasteiger partial charge in [-0.2, -0.15) is 5.10 Å². The molecule has 2 N–H and O–H groups in total. The number of aromatic amines is 1. The van der Waals surface area contributed by atoms with E-state index < -0.39 is 0 Å². The van der Waals surface area contributed by atoms with Crippen molar-refractivity contribution in [3.63, 3.8) is 0 Å². The van der Waals surface area contributed by atoms with Crippen LogP contribution in [0.2, 0.25) is 0 Å². The van der Waals surface area contributed by atoms with E-state index in [1.807, 2.05) is 38.5 Å². The van der Waals surface area contributed by atoms with Crippen molar-refractivity contribution in [1.82, 2.24) is 25.0 Å². The van der Waals surface area contributed by atoms with Crippen molar-refractivity contribution in [3.05, 3.63) is 76.9 Å². The summed E-state index contributed by atoms with van der Waals surface area (Å²) in [5.41, 5.74) is 5.64. The van der Waals surface area contributed by atoms with Crippen molar-refractivity contribution in [3.8, 4) is 0 Å². The number of nitrogens with one attached hydrogen (secondary N) is 2. The quantitative estimate of drug-likeness (QED) is 0.505. The fourth-order valence-electron chi connectivity index (χ4n) is 3.31. The first-order chi connectivity index (χ1) is 14.7. The largest absolute Gasteiger partial charge is 0.351 e. The summed E-state index contributed by atoms with van der Waals surface area (Å²) in [6.45, 7) is 6.55. The molecule has 2 heterocycles. The molecule has 0 fully saturated rings. The first-order valence-corrected chi connectivity index (χ1v) is 10.7. The second-order valence-electron chi connectivity index (χ2n) is 7.49. The molecule has 0 aliphatic carbocycles. The number of rotatable bonds is 11. The van der Waals surface area contributed by atoms with E-state index in [4.69, 9.17) is 0 Å². The fraction of sp³-hybridized carbons (Fsp3) is 0.320. The number of aromatic nitrogens is 3. The average molecular weight is 404 g/mol. The third-order valence-corrected chi connectivity index (χ3v) is 5.30. The van der Waals surface area contributed by atoms with Gasteiger partial charge in [0.2, 0.25) is 0 Å². The van der Waals surface area contributed by atoms with Crippen LogP contribution in [0.5, 0.6) is 0 Å². The standard InChI is InChI=1S/C25H33N5/c1-4-30(19-16-26-2)18-15-22-9-7-21(8-10-22)11-12-23-20-24(28-27-23)13-14-25-6-5-17-29(25)3/h5-14,17,20,26H,4,15-16,18-19H2,1-3H3,(H,27,28)/b12-11+,14-13+. The molecule has 5 heteroatoms. The Bertz CT molecular complexity index is 946. The lowest BCUT2D eigenvalue weighted by atomic mass is 10.1. The summed E-state index contributed by atoms with van der Waals surface area (Å²) in [6, 6.07) is 15.0. The molecule has 158 valence electrons. The number of likely N-dealkylation sites (N-methyl/N-ethyl adjacent to an activating group) is 2. The third-order valence-electron chi connectivity index (χ3n) is 5.30. The maximum atomic E-state index is 4.37. The molecule has 0 aliphatic heterocycles. The Balaban J connectivity index is 1.52. The van der Waals surface area contributed by atoms with Gasteiger partial charge in [0, 0.05) is 38.6 Å². The molecule has 0 radical (unpaired) electrons. The monoisotopic (exact) mass is 403 g/mol. The molecule has 5 nitrogen and oxygen atoms in total. The summed E-state index contributed by atoms with van der Waals surface area (Å²) in [5, 5.41) is 10.7. The van der Waals surface area contributed by atoms with E-state index >= 15 is 0 Å². The number of hydrogen-bond donors (Lipinski definition) is 2. The van der Waals surface area contributed by atoms with Crippen LogP contribution >= 0.6 is 0 Å². The van der Waals surface area contributed by atoms with Gasteiger partial charge in [0.15, 0.2) is 0 Å². The number of aryl methyl sites for hydroxylation is 1. The first kappa shape index (κ1) is 21.8. The van der Waals surface area contributed by atoms with Crippen LogP contribution in [-0.4, -0.2) is 52.9 Å². The Morgan fingerprint density at radius 2 is 1.90 bits per heavy atom. The van der Waals surface area contributed by atoms with Crippen LogP contribution < -0.4 is 5.32 Å². The molecular formula is C25H33N5. The molecule has 3 rings (SSSR count). The predicted molar refractivity (Wildman–Crippen MR) is 128 cm³/mol. The maximum absolute atomic E-state index is 4.37. The second kappa shape index (κ2) is 11.3. The highest BCUT2D eigenvalue weighted by atomic mass is 15.1. The summed E-state index contributed by atoms with van der Waals surface area (Å²) in [7, 11) is 4.04. The summed E-state index contributed by atoms with van der Waals surface area (Å²) >= 11 is 0. The fourth-order valence-corrected chi connectivity index (χ4v) is 3.31. The van der Waals surface area contributed by atoms with Crippen molar-refractivity contribution in [1.29, 1.82) is 0 Å². The van der Waals surface area contributed by atoms with Crippen LogP contribution in [0.1, 0.15) is 35.1 Å². The van der Waals surface area contributed by atoms with Gasteiger partial charge in [-0.3, -0.25) is 5.10 Å². The lowest BCUT2D eigenvalue weighted by Crippen LogP contribution is -2.32. The SMILES string of the molecule is CCN(CCNC)CCc1ccc(/C=C/c2cc(/C=C/c3cccn3C)[nH]n2)cc1. The Morgan fingerprint density at radius 1 is 1.07 bits per heavy atom. The van der Waals surface area contributed by atoms with Crippen LogP contribution in [0.4, 0.5) is 0 Å². The van der Waals surface area contributed by atoms with E-state index in [1.165, 1.54) is 11.1 Å². The van der Waals surface area contributed by atoms with E-state index in [0.29, 0.717) is 0 Å². The lowest BCUT2D eigenvalue weighted by Gasteiger charge is -2.20. The Hall–Kier alpha value is -2.89. The lowest BCUT2D eigenvalue weighted by molar-refractivity contribution is 0.293. The minimum absolute atomic E-state index is 0.925. The van der Waals surface area contributed by atoms with Gasteiger partial charge in [-0.25, -0.2) is 0 Å². The van der Waals surface area contributed by atoms with Crippen LogP contribution in [0.25, 0.3) is 24.3 Å². The van der Waals surface area contributed by atoms with E-state index in [0.717, 1.165) is 49.7 Å². The highest BCUT2D eigenvalue weighted by Gasteiger charge is 2.02. The zero-order valence-corrected chi connectivity index (χ0v) is 18.3. The number of nitrogens with zero attached hydrogens (tertiary/aromatic N) is 3. The summed E-state index contributed by atoms with van der Waals surface area (Å²) in [6.07, 6.45) is 11.4. The molecule has 30 heavy (non-hydrogen) atoms. The van der Waals surface area contributed by atoms with E-state index in [2.05, 4.69) is 80.5 Å². The molecule has 0 atom stereocenters. The van der Waals surface area contributed by atoms with Gasteiger partial charge in [0.05, 0.1) is 11.4 Å². The van der Waals surface area contributed by atoms with Gasteiger partial charge in [-0.1, -0.05) is 37.3 Å². The van der Waals surface area contributed by atoms with Crippen LogP contribution in [0.3, 0.4) is 0 Å². The molecule has 2 aromatic heterocycles. The minimum Gasteiger partial charge on any atom is -0.351 e. The van der Waals surface area contributed by atoms with E-state index in [-0.39, 0.29) is 0 Å². The van der Waals surface area contributed by atoms with Crippen LogP contribution in [-0.2, 0) is 13.5 Å². The van der Waals surface area contributed by atoms with Crippen molar-refractivity contribution in [2.75, 3.05) is 33.2 Å². The molecule has 0 spiro atoms. The number of hydrogen-bond acceptors (Lipinski definition) is 3. The van der Waals surface area contributed by atoms with Crippen LogP contribution in [0, 0.1) is 0 Å². The molecule has 0 aliphatic rings. The molecular weight excluding hydrogens is 370 g/mol. The number of H-pyrrole nitrogens is 1. The Labute approximate surface area is 180 Å². The van der Waals surface area contributed by atoms with Gasteiger partial charge in [0.25, 0.3) is 0 Å². The van der Waals surface area contributed by atoms with Crippen molar-refractivity contribution in [2.24, 2.45) is 7.05 Å². The molecule has 1 aromatic carbocycles. The van der Waals surface area contributed by atoms with Crippen molar-refractivity contribution in [2.45, 2.75) is 13.3 Å². The molecule has 0 amide bonds. The average Bonchev–Trinajstić information content (AvgIpc) is 3.40. The van der Waals surface area contributed by atoms with E-state index in [1.54, 1.807) is 0 Å². The van der Waals surface area contributed by atoms with Gasteiger partial charge < -0.3 is 14.8 Å². The predicted octanol–water partition coefficient (Wildman–Crippen LogP) is 4.17. The van der Waals surface area contributed by atoms with Gasteiger partial charge in [-0.15, -0.1) is 0 Å². The Kier molecular flexibility index (Phi) is 8.24. The minimum atomic E-state index is 0.925. The number of benzene rings is 1.